The number of nitrogens with one attached hydrogen (secondary N) is 1. The third-order valence-corrected chi connectivity index (χ3v) is 7.84. The van der Waals surface area contributed by atoms with Gasteiger partial charge in [-0.1, -0.05) is 81.8 Å². The summed E-state index contributed by atoms with van der Waals surface area (Å²) in [6.07, 6.45) is 2.53. The van der Waals surface area contributed by atoms with Crippen molar-refractivity contribution < 1.29 is 42.5 Å². The number of hydrogen-bond donors (Lipinski definition) is 2. The Labute approximate surface area is 322 Å². The maximum absolute atomic E-state index is 13.2. The number of hydrogen-bond acceptors (Lipinski definition) is 10. The lowest BCUT2D eigenvalue weighted by atomic mass is 10.2. The number of benzene rings is 3. The summed E-state index contributed by atoms with van der Waals surface area (Å²) in [4.78, 5) is 34.2. The molecule has 3 aromatic rings. The lowest BCUT2D eigenvalue weighted by Gasteiger charge is -2.28. The van der Waals surface area contributed by atoms with Crippen LogP contribution in [0.5, 0.6) is 17.2 Å². The largest absolute Gasteiger partial charge is 0.479 e. The van der Waals surface area contributed by atoms with Gasteiger partial charge in [-0.3, -0.25) is 0 Å². The fraction of sp³-hybridized carbons (Fsp3) is 0.500. The van der Waals surface area contributed by atoms with Gasteiger partial charge in [0.15, 0.2) is 0 Å². The number of carbonyl (C=O) groups is 2. The maximum atomic E-state index is 13.2. The molecule has 0 aromatic heterocycles. The van der Waals surface area contributed by atoms with Gasteiger partial charge in [-0.25, -0.2) is 14.2 Å². The zero-order valence-electron chi connectivity index (χ0n) is 33.5. The highest BCUT2D eigenvalue weighted by Crippen LogP contribution is 2.48. The number of nitroso groups, excluding NO2 is 1. The Morgan fingerprint density at radius 1 is 0.870 bits per heavy atom. The van der Waals surface area contributed by atoms with Gasteiger partial charge in [0, 0.05) is 45.1 Å². The molecule has 1 aliphatic rings. The fourth-order valence-electron chi connectivity index (χ4n) is 4.18. The minimum atomic E-state index is -3.56. The molecule has 1 fully saturated rings. The first-order chi connectivity index (χ1) is 25.8. The Morgan fingerprint density at radius 2 is 1.37 bits per heavy atom. The minimum absolute atomic E-state index is 0.195. The highest BCUT2D eigenvalue weighted by Gasteiger charge is 2.30. The van der Waals surface area contributed by atoms with Crippen molar-refractivity contribution in [2.24, 2.45) is 11.1 Å². The molecule has 0 unspecified atom stereocenters. The van der Waals surface area contributed by atoms with Gasteiger partial charge in [-0.2, -0.15) is 0 Å². The molecule has 0 aliphatic carbocycles. The van der Waals surface area contributed by atoms with Crippen molar-refractivity contribution in [3.8, 4) is 17.2 Å². The average Bonchev–Trinajstić information content (AvgIpc) is 3.75. The Bertz CT molecular complexity index is 1400. The summed E-state index contributed by atoms with van der Waals surface area (Å²) in [5, 5.41) is 11.6. The second kappa shape index (κ2) is 29.0. The molecule has 302 valence electrons. The van der Waals surface area contributed by atoms with E-state index in [0.29, 0.717) is 49.2 Å². The summed E-state index contributed by atoms with van der Waals surface area (Å²) >= 11 is 0. The normalized spacial score (nSPS) is 11.6. The van der Waals surface area contributed by atoms with Crippen LogP contribution in [0.4, 0.5) is 9.59 Å². The van der Waals surface area contributed by atoms with Crippen LogP contribution in [0.25, 0.3) is 0 Å². The summed E-state index contributed by atoms with van der Waals surface area (Å²) in [6.45, 7) is 18.8. The zero-order chi connectivity index (χ0) is 40.8. The lowest BCUT2D eigenvalue weighted by Crippen LogP contribution is -2.40. The number of ether oxygens (including phenoxy) is 3. The molecule has 3 aromatic carbocycles. The van der Waals surface area contributed by atoms with E-state index in [0.717, 1.165) is 25.9 Å². The van der Waals surface area contributed by atoms with Gasteiger partial charge >= 0.3 is 19.7 Å². The first kappa shape index (κ1) is 49.6. The molecule has 13 nitrogen and oxygen atoms in total. The maximum Gasteiger partial charge on any atom is 0.468 e. The van der Waals surface area contributed by atoms with Crippen LogP contribution < -0.4 is 19.1 Å². The van der Waals surface area contributed by atoms with Gasteiger partial charge < -0.3 is 38.6 Å². The average molecular weight is 776 g/mol. The van der Waals surface area contributed by atoms with E-state index in [1.807, 2.05) is 116 Å². The number of carbonyl (C=O) groups excluding carboxylic acids is 2. The van der Waals surface area contributed by atoms with Gasteiger partial charge in [-0.15, -0.1) is 4.91 Å². The van der Waals surface area contributed by atoms with Crippen LogP contribution >= 0.6 is 7.60 Å². The van der Waals surface area contributed by atoms with Crippen LogP contribution in [0, 0.1) is 17.7 Å². The van der Waals surface area contributed by atoms with Crippen LogP contribution in [0.15, 0.2) is 90.1 Å². The quantitative estimate of drug-likeness (QED) is 0.0971. The van der Waals surface area contributed by atoms with Crippen molar-refractivity contribution in [2.75, 3.05) is 46.3 Å². The van der Waals surface area contributed by atoms with Gasteiger partial charge in [0.25, 0.3) is 0 Å². The number of amides is 3. The Morgan fingerprint density at radius 3 is 1.78 bits per heavy atom. The van der Waals surface area contributed by atoms with E-state index >= 15 is 0 Å². The highest BCUT2D eigenvalue weighted by atomic mass is 31.2. The van der Waals surface area contributed by atoms with Crippen LogP contribution in [-0.4, -0.2) is 74.0 Å². The van der Waals surface area contributed by atoms with E-state index in [-0.39, 0.29) is 12.4 Å². The van der Waals surface area contributed by atoms with Crippen LogP contribution in [0.2, 0.25) is 0 Å². The molecule has 0 spiro atoms. The SMILES string of the molecule is C1CCOC1.CC.CC(C)CN(CCCNC(=O)N=O)C(=O)OC(C)(C)C.CO.Cc1ccc(OCP(=O)(Oc2ccccc2)Oc2ccccc2)cc1. The minimum Gasteiger partial charge on any atom is -0.479 e. The number of nitrogens with zero attached hydrogens (tertiary/aromatic N) is 2. The smallest absolute Gasteiger partial charge is 0.468 e. The van der Waals surface area contributed by atoms with Crippen molar-refractivity contribution in [1.82, 2.24) is 10.2 Å². The molecule has 0 saturated carbocycles. The van der Waals surface area contributed by atoms with Crippen LogP contribution in [0.3, 0.4) is 0 Å². The summed E-state index contributed by atoms with van der Waals surface area (Å²) in [5.74, 6) is 1.86. The third-order valence-electron chi connectivity index (χ3n) is 6.41. The second-order valence-electron chi connectivity index (χ2n) is 12.8. The molecular weight excluding hydrogens is 713 g/mol. The molecule has 4 rings (SSSR count). The van der Waals surface area contributed by atoms with Crippen molar-refractivity contribution in [3.63, 3.8) is 0 Å². The predicted molar refractivity (Wildman–Crippen MR) is 214 cm³/mol. The zero-order valence-corrected chi connectivity index (χ0v) is 34.4. The Hall–Kier alpha value is -4.45. The molecular formula is C40H62N3O10P. The summed E-state index contributed by atoms with van der Waals surface area (Å²) < 4.78 is 40.5. The summed E-state index contributed by atoms with van der Waals surface area (Å²) in [7, 11) is -2.56. The number of para-hydroxylation sites is 2. The van der Waals surface area contributed by atoms with E-state index in [2.05, 4.69) is 10.5 Å². The molecule has 1 saturated heterocycles. The summed E-state index contributed by atoms with van der Waals surface area (Å²) in [6, 6.07) is 24.5. The van der Waals surface area contributed by atoms with E-state index in [1.54, 1.807) is 29.2 Å². The van der Waals surface area contributed by atoms with Crippen LogP contribution in [0.1, 0.15) is 73.3 Å². The van der Waals surface area contributed by atoms with Crippen molar-refractivity contribution in [1.29, 1.82) is 0 Å². The van der Waals surface area contributed by atoms with E-state index in [9.17, 15) is 19.1 Å². The van der Waals surface area contributed by atoms with Crippen molar-refractivity contribution >= 4 is 19.7 Å². The molecule has 0 radical (unpaired) electrons. The van der Waals surface area contributed by atoms with Crippen molar-refractivity contribution in [3.05, 3.63) is 95.4 Å². The molecule has 1 aliphatic heterocycles. The fourth-order valence-corrected chi connectivity index (χ4v) is 5.51. The molecule has 0 bridgehead atoms. The number of urea groups is 1. The molecule has 2 N–H and O–H groups in total. The van der Waals surface area contributed by atoms with Crippen LogP contribution in [-0.2, 0) is 14.0 Å². The topological polar surface area (TPSA) is 162 Å². The van der Waals surface area contributed by atoms with E-state index in [4.69, 9.17) is 28.4 Å². The van der Waals surface area contributed by atoms with Gasteiger partial charge in [0.1, 0.15) is 22.8 Å². The molecule has 3 amide bonds. The van der Waals surface area contributed by atoms with Gasteiger partial charge in [0.2, 0.25) is 6.35 Å². The summed E-state index contributed by atoms with van der Waals surface area (Å²) in [5.41, 5.74) is 0.582. The molecule has 54 heavy (non-hydrogen) atoms. The Kier molecular flexibility index (Phi) is 26.6. The lowest BCUT2D eigenvalue weighted by molar-refractivity contribution is 0.0227. The first-order valence-corrected chi connectivity index (χ1v) is 19.9. The van der Waals surface area contributed by atoms with E-state index < -0.39 is 19.2 Å². The predicted octanol–water partition coefficient (Wildman–Crippen LogP) is 9.86. The second-order valence-corrected chi connectivity index (χ2v) is 14.7. The monoisotopic (exact) mass is 775 g/mol. The van der Waals surface area contributed by atoms with Gasteiger partial charge in [-0.05, 0) is 89.3 Å². The van der Waals surface area contributed by atoms with E-state index in [1.165, 1.54) is 12.8 Å². The molecule has 14 heteroatoms. The number of aliphatic hydroxyl groups is 1. The molecule has 0 atom stereocenters. The number of rotatable bonds is 13. The number of aliphatic hydroxyl groups excluding tert-OH is 1. The molecule has 1 heterocycles. The van der Waals surface area contributed by atoms with Gasteiger partial charge in [0.05, 0.1) is 0 Å². The standard InChI is InChI=1S/C20H19O4P.C13H25N3O4.C4H8O.C2H6.CH4O/c1-17-12-14-18(15-13-17)22-16-25(21,23-19-8-4-2-5-9-19)24-20-10-6-3-7-11-20;1-10(2)9-16(12(18)20-13(3,4)5)8-6-7-14-11(17)15-19;1-2-4-5-3-1;2*1-2/h2-15H,16H2,1H3;10H,6-9H2,1-5H3,(H,14,17);1-4H2;1-2H3;2H,1H3. The first-order valence-electron chi connectivity index (χ1n) is 18.2. The highest BCUT2D eigenvalue weighted by molar-refractivity contribution is 7.54. The third kappa shape index (κ3) is 24.7. The Balaban J connectivity index is 0.000000864. The number of aryl methyl sites for hydroxylation is 1. The van der Waals surface area contributed by atoms with Crippen molar-refractivity contribution in [2.45, 2.75) is 80.3 Å².